The Morgan fingerprint density at radius 1 is 1.33 bits per heavy atom. The van der Waals surface area contributed by atoms with E-state index in [1.165, 1.54) is 17.2 Å². The summed E-state index contributed by atoms with van der Waals surface area (Å²) in [5, 5.41) is 14.7. The topological polar surface area (TPSA) is 75.7 Å². The van der Waals surface area contributed by atoms with Crippen molar-refractivity contribution in [2.45, 2.75) is 39.2 Å². The van der Waals surface area contributed by atoms with Gasteiger partial charge in [-0.3, -0.25) is 4.90 Å². The van der Waals surface area contributed by atoms with Crippen LogP contribution in [0.4, 0.5) is 11.6 Å². The lowest BCUT2D eigenvalue weighted by Crippen LogP contribution is -2.39. The van der Waals surface area contributed by atoms with E-state index in [2.05, 4.69) is 29.0 Å². The maximum Gasteiger partial charge on any atom is 0.372 e. The van der Waals surface area contributed by atoms with E-state index in [0.29, 0.717) is 30.0 Å². The molecule has 0 spiro atoms. The third-order valence-corrected chi connectivity index (χ3v) is 4.58. The van der Waals surface area contributed by atoms with Crippen LogP contribution in [0.25, 0.3) is 5.65 Å². The highest BCUT2D eigenvalue weighted by molar-refractivity contribution is 5.62. The monoisotopic (exact) mass is 331 g/mol. The smallest absolute Gasteiger partial charge is 0.361 e. The molecule has 130 valence electrons. The molecule has 1 aliphatic rings. The van der Waals surface area contributed by atoms with E-state index in [9.17, 15) is 10.1 Å². The van der Waals surface area contributed by atoms with Crippen molar-refractivity contribution >= 4 is 17.3 Å². The number of nitro groups is 1. The van der Waals surface area contributed by atoms with Crippen LogP contribution in [-0.2, 0) is 0 Å². The predicted molar refractivity (Wildman–Crippen MR) is 94.4 cm³/mol. The highest BCUT2D eigenvalue weighted by Gasteiger charge is 2.26. The fraction of sp³-hybridized carbons (Fsp3) is 0.588. The Morgan fingerprint density at radius 3 is 2.75 bits per heavy atom. The van der Waals surface area contributed by atoms with Gasteiger partial charge in [0.05, 0.1) is 6.20 Å². The van der Waals surface area contributed by atoms with Crippen molar-refractivity contribution < 1.29 is 4.92 Å². The number of nitrogens with one attached hydrogen (secondary N) is 1. The van der Waals surface area contributed by atoms with Gasteiger partial charge in [0.2, 0.25) is 11.5 Å². The lowest BCUT2D eigenvalue weighted by molar-refractivity contribution is -0.389. The second kappa shape index (κ2) is 7.17. The standard InChI is InChI=1S/C17H25N5O2/c1-13(2)11-14(20-8-5-6-9-20)12-18-16-17(22(23)24)21-10-4-3-7-15(21)19-16/h3-4,7,10,13-14,18H,5-6,8-9,11-12H2,1-2H3/t14-/m1/s1. The molecule has 1 atom stereocenters. The molecule has 2 aromatic rings. The van der Waals surface area contributed by atoms with Crippen molar-refractivity contribution in [2.24, 2.45) is 5.92 Å². The average molecular weight is 331 g/mol. The maximum atomic E-state index is 11.5. The van der Waals surface area contributed by atoms with Gasteiger partial charge in [0, 0.05) is 18.7 Å². The Bertz CT molecular complexity index is 706. The Labute approximate surface area is 141 Å². The van der Waals surface area contributed by atoms with E-state index in [0.717, 1.165) is 19.5 Å². The molecule has 3 heterocycles. The van der Waals surface area contributed by atoms with Gasteiger partial charge in [-0.25, -0.2) is 0 Å². The van der Waals surface area contributed by atoms with Gasteiger partial charge in [-0.15, -0.1) is 0 Å². The molecule has 0 amide bonds. The van der Waals surface area contributed by atoms with Gasteiger partial charge in [0.25, 0.3) is 0 Å². The number of likely N-dealkylation sites (tertiary alicyclic amines) is 1. The number of aromatic nitrogens is 2. The van der Waals surface area contributed by atoms with Crippen molar-refractivity contribution in [1.82, 2.24) is 14.3 Å². The third kappa shape index (κ3) is 3.51. The second-order valence-corrected chi connectivity index (χ2v) is 6.88. The summed E-state index contributed by atoms with van der Waals surface area (Å²) in [4.78, 5) is 18.0. The van der Waals surface area contributed by atoms with Gasteiger partial charge in [-0.2, -0.15) is 9.38 Å². The molecule has 0 bridgehead atoms. The van der Waals surface area contributed by atoms with E-state index >= 15 is 0 Å². The molecular formula is C17H25N5O2. The summed E-state index contributed by atoms with van der Waals surface area (Å²) in [5.74, 6) is 0.961. The molecule has 1 N–H and O–H groups in total. The summed E-state index contributed by atoms with van der Waals surface area (Å²) in [6, 6.07) is 5.78. The molecule has 1 saturated heterocycles. The summed E-state index contributed by atoms with van der Waals surface area (Å²) >= 11 is 0. The fourth-order valence-electron chi connectivity index (χ4n) is 3.50. The van der Waals surface area contributed by atoms with Gasteiger partial charge >= 0.3 is 5.82 Å². The SMILES string of the molecule is CC(C)C[C@H](CNc1nc2ccccn2c1[N+](=O)[O-])N1CCCC1. The number of anilines is 1. The minimum Gasteiger partial charge on any atom is -0.361 e. The van der Waals surface area contributed by atoms with Gasteiger partial charge in [-0.05, 0) is 49.3 Å². The van der Waals surface area contributed by atoms with E-state index < -0.39 is 0 Å². The average Bonchev–Trinajstić information content (AvgIpc) is 3.18. The van der Waals surface area contributed by atoms with Crippen LogP contribution in [0.5, 0.6) is 0 Å². The van der Waals surface area contributed by atoms with Crippen LogP contribution >= 0.6 is 0 Å². The normalized spacial score (nSPS) is 16.8. The number of rotatable bonds is 7. The molecule has 2 aromatic heterocycles. The first kappa shape index (κ1) is 16.7. The van der Waals surface area contributed by atoms with Crippen LogP contribution in [0.2, 0.25) is 0 Å². The van der Waals surface area contributed by atoms with Gasteiger partial charge in [0.15, 0.2) is 0 Å². The number of imidazole rings is 1. The summed E-state index contributed by atoms with van der Waals surface area (Å²) in [6.07, 6.45) is 5.23. The van der Waals surface area contributed by atoms with Crippen LogP contribution in [0, 0.1) is 16.0 Å². The number of nitrogens with zero attached hydrogens (tertiary/aromatic N) is 4. The third-order valence-electron chi connectivity index (χ3n) is 4.58. The minimum atomic E-state index is -0.365. The highest BCUT2D eigenvalue weighted by atomic mass is 16.6. The number of pyridine rings is 1. The molecule has 0 radical (unpaired) electrons. The van der Waals surface area contributed by atoms with E-state index in [4.69, 9.17) is 0 Å². The van der Waals surface area contributed by atoms with E-state index in [1.807, 2.05) is 6.07 Å². The van der Waals surface area contributed by atoms with Crippen molar-refractivity contribution in [3.05, 3.63) is 34.5 Å². The summed E-state index contributed by atoms with van der Waals surface area (Å²) in [7, 11) is 0. The molecule has 7 heteroatoms. The number of fused-ring (bicyclic) bond motifs is 1. The van der Waals surface area contributed by atoms with Gasteiger partial charge < -0.3 is 15.4 Å². The number of hydrogen-bond acceptors (Lipinski definition) is 5. The molecule has 3 rings (SSSR count). The minimum absolute atomic E-state index is 0.00955. The molecule has 7 nitrogen and oxygen atoms in total. The number of hydrogen-bond donors (Lipinski definition) is 1. The van der Waals surface area contributed by atoms with Crippen molar-refractivity contribution in [2.75, 3.05) is 25.0 Å². The Balaban J connectivity index is 1.80. The lowest BCUT2D eigenvalue weighted by atomic mass is 10.0. The molecule has 0 saturated carbocycles. The second-order valence-electron chi connectivity index (χ2n) is 6.88. The van der Waals surface area contributed by atoms with Crippen molar-refractivity contribution in [1.29, 1.82) is 0 Å². The molecule has 0 aromatic carbocycles. The molecule has 24 heavy (non-hydrogen) atoms. The zero-order chi connectivity index (χ0) is 17.1. The van der Waals surface area contributed by atoms with E-state index in [-0.39, 0.29) is 10.7 Å². The van der Waals surface area contributed by atoms with Crippen LogP contribution in [0.3, 0.4) is 0 Å². The predicted octanol–water partition coefficient (Wildman–Crippen LogP) is 3.16. The quantitative estimate of drug-likeness (QED) is 0.623. The summed E-state index contributed by atoms with van der Waals surface area (Å²) < 4.78 is 1.52. The molecule has 1 fully saturated rings. The molecule has 0 aliphatic carbocycles. The van der Waals surface area contributed by atoms with Crippen LogP contribution in [-0.4, -0.2) is 44.9 Å². The van der Waals surface area contributed by atoms with Crippen LogP contribution < -0.4 is 5.32 Å². The highest BCUT2D eigenvalue weighted by Crippen LogP contribution is 2.26. The summed E-state index contributed by atoms with van der Waals surface area (Å²) in [5.41, 5.74) is 0.591. The fourth-order valence-corrected chi connectivity index (χ4v) is 3.50. The molecule has 0 unspecified atom stereocenters. The Kier molecular flexibility index (Phi) is 4.99. The largest absolute Gasteiger partial charge is 0.372 e. The zero-order valence-electron chi connectivity index (χ0n) is 14.3. The lowest BCUT2D eigenvalue weighted by Gasteiger charge is -2.29. The van der Waals surface area contributed by atoms with Crippen molar-refractivity contribution in [3.8, 4) is 0 Å². The summed E-state index contributed by atoms with van der Waals surface area (Å²) in [6.45, 7) is 7.36. The maximum absolute atomic E-state index is 11.5. The van der Waals surface area contributed by atoms with Crippen LogP contribution in [0.15, 0.2) is 24.4 Å². The Morgan fingerprint density at radius 2 is 2.08 bits per heavy atom. The van der Waals surface area contributed by atoms with E-state index in [1.54, 1.807) is 18.3 Å². The first-order valence-electron chi connectivity index (χ1n) is 8.65. The molecule has 1 aliphatic heterocycles. The zero-order valence-corrected chi connectivity index (χ0v) is 14.3. The van der Waals surface area contributed by atoms with Crippen LogP contribution in [0.1, 0.15) is 33.1 Å². The van der Waals surface area contributed by atoms with Gasteiger partial charge in [-0.1, -0.05) is 19.9 Å². The first-order chi connectivity index (χ1) is 11.6. The van der Waals surface area contributed by atoms with Gasteiger partial charge in [0.1, 0.15) is 0 Å². The Hall–Kier alpha value is -2.15. The first-order valence-corrected chi connectivity index (χ1v) is 8.65. The van der Waals surface area contributed by atoms with Crippen molar-refractivity contribution in [3.63, 3.8) is 0 Å². The molecular weight excluding hydrogens is 306 g/mol.